The minimum atomic E-state index is 0.0286. The lowest BCUT2D eigenvalue weighted by molar-refractivity contribution is 0.0356. The van der Waals surface area contributed by atoms with Crippen LogP contribution in [0.15, 0.2) is 48.8 Å². The van der Waals surface area contributed by atoms with Crippen molar-refractivity contribution >= 4 is 22.4 Å². The highest BCUT2D eigenvalue weighted by Gasteiger charge is 2.36. The highest BCUT2D eigenvalue weighted by atomic mass is 16.5. The van der Waals surface area contributed by atoms with Gasteiger partial charge < -0.3 is 25.2 Å². The van der Waals surface area contributed by atoms with Crippen LogP contribution in [0.4, 0.5) is 11.5 Å². The Hall–Kier alpha value is -3.29. The number of nitrogens with two attached hydrogens (primary N) is 1. The van der Waals surface area contributed by atoms with E-state index in [0.29, 0.717) is 17.6 Å². The third kappa shape index (κ3) is 5.18. The van der Waals surface area contributed by atoms with Crippen molar-refractivity contribution in [3.8, 4) is 6.07 Å². The van der Waals surface area contributed by atoms with Crippen LogP contribution in [0.2, 0.25) is 0 Å². The zero-order valence-corrected chi connectivity index (χ0v) is 22.9. The van der Waals surface area contributed by atoms with Crippen LogP contribution in [0.25, 0.3) is 10.9 Å². The summed E-state index contributed by atoms with van der Waals surface area (Å²) in [5.74, 6) is 0.976. The Morgan fingerprint density at radius 2 is 1.92 bits per heavy atom. The van der Waals surface area contributed by atoms with Crippen molar-refractivity contribution in [1.82, 2.24) is 19.8 Å². The van der Waals surface area contributed by atoms with Crippen LogP contribution >= 0.6 is 0 Å². The Bertz CT molecular complexity index is 1340. The lowest BCUT2D eigenvalue weighted by atomic mass is 10.0. The molecule has 5 heterocycles. The lowest BCUT2D eigenvalue weighted by Crippen LogP contribution is -2.65. The third-order valence-corrected chi connectivity index (χ3v) is 8.76. The molecule has 204 valence electrons. The van der Waals surface area contributed by atoms with E-state index in [1.54, 1.807) is 13.3 Å². The largest absolute Gasteiger partial charge is 0.378 e. The first kappa shape index (κ1) is 26.0. The Morgan fingerprint density at radius 3 is 2.69 bits per heavy atom. The number of benzene rings is 1. The number of piperazine rings is 2. The van der Waals surface area contributed by atoms with Gasteiger partial charge in [-0.3, -0.25) is 9.88 Å². The molecule has 39 heavy (non-hydrogen) atoms. The lowest BCUT2D eigenvalue weighted by Gasteiger charge is -2.51. The predicted molar refractivity (Wildman–Crippen MR) is 154 cm³/mol. The number of fused-ring (bicyclic) bond motifs is 2. The zero-order valence-electron chi connectivity index (χ0n) is 22.9. The standard InChI is InChI=1S/C30H38N8O/c1-21-16-36(27-7-6-23(14-31)30-25(27)4-3-10-33-30)18-24-17-35(12-13-38(21)24)11-9-22-5-8-29(34-15-22)37-19-26(32)28(20-37)39-2/h3-8,10,15,21,24,26,28H,9,11-13,16-20,32H2,1-2H3/t21-,24+,26-,28-/m1/s1. The molecule has 3 saturated heterocycles. The monoisotopic (exact) mass is 526 g/mol. The van der Waals surface area contributed by atoms with E-state index in [9.17, 15) is 5.26 Å². The van der Waals surface area contributed by atoms with E-state index in [-0.39, 0.29) is 12.1 Å². The second-order valence-corrected chi connectivity index (χ2v) is 11.2. The minimum absolute atomic E-state index is 0.0286. The Balaban J connectivity index is 1.09. The van der Waals surface area contributed by atoms with Crippen molar-refractivity contribution in [2.75, 3.05) is 69.3 Å². The van der Waals surface area contributed by atoms with Crippen LogP contribution in [0.5, 0.6) is 0 Å². The first-order valence-corrected chi connectivity index (χ1v) is 14.0. The Kier molecular flexibility index (Phi) is 7.36. The first-order chi connectivity index (χ1) is 19.0. The van der Waals surface area contributed by atoms with Crippen molar-refractivity contribution < 1.29 is 4.74 Å². The summed E-state index contributed by atoms with van der Waals surface area (Å²) in [5.41, 5.74) is 10.1. The van der Waals surface area contributed by atoms with Gasteiger partial charge in [0.15, 0.2) is 0 Å². The topological polar surface area (TPSA) is 97.8 Å². The van der Waals surface area contributed by atoms with Gasteiger partial charge in [0.1, 0.15) is 11.9 Å². The van der Waals surface area contributed by atoms with E-state index in [2.05, 4.69) is 61.8 Å². The molecular weight excluding hydrogens is 488 g/mol. The van der Waals surface area contributed by atoms with E-state index in [4.69, 9.17) is 15.5 Å². The van der Waals surface area contributed by atoms with Gasteiger partial charge in [-0.2, -0.15) is 5.26 Å². The molecule has 1 aromatic carbocycles. The summed E-state index contributed by atoms with van der Waals surface area (Å²) in [6, 6.07) is 15.7. The fourth-order valence-electron chi connectivity index (χ4n) is 6.63. The summed E-state index contributed by atoms with van der Waals surface area (Å²) < 4.78 is 5.49. The summed E-state index contributed by atoms with van der Waals surface area (Å²) >= 11 is 0. The molecule has 0 aliphatic carbocycles. The number of hydrogen-bond donors (Lipinski definition) is 1. The molecule has 0 saturated carbocycles. The van der Waals surface area contributed by atoms with E-state index in [1.807, 2.05) is 18.3 Å². The van der Waals surface area contributed by atoms with Gasteiger partial charge in [-0.1, -0.05) is 6.07 Å². The molecule has 0 spiro atoms. The molecule has 3 aromatic rings. The quantitative estimate of drug-likeness (QED) is 0.518. The molecule has 0 amide bonds. The molecular formula is C30H38N8O. The summed E-state index contributed by atoms with van der Waals surface area (Å²) in [4.78, 5) is 19.3. The van der Waals surface area contributed by atoms with Gasteiger partial charge in [-0.25, -0.2) is 4.98 Å². The second-order valence-electron chi connectivity index (χ2n) is 11.2. The maximum atomic E-state index is 9.56. The number of methoxy groups -OCH3 is 1. The van der Waals surface area contributed by atoms with E-state index in [1.165, 1.54) is 11.3 Å². The van der Waals surface area contributed by atoms with Crippen LogP contribution in [-0.4, -0.2) is 103 Å². The normalized spacial score (nSPS) is 26.1. The zero-order chi connectivity index (χ0) is 26.9. The van der Waals surface area contributed by atoms with Gasteiger partial charge in [-0.05, 0) is 49.2 Å². The first-order valence-electron chi connectivity index (χ1n) is 14.0. The van der Waals surface area contributed by atoms with Crippen molar-refractivity contribution in [2.45, 2.75) is 37.6 Å². The third-order valence-electron chi connectivity index (χ3n) is 8.76. The highest BCUT2D eigenvalue weighted by molar-refractivity contribution is 5.95. The molecule has 9 heteroatoms. The maximum absolute atomic E-state index is 9.56. The van der Waals surface area contributed by atoms with Gasteiger partial charge in [-0.15, -0.1) is 0 Å². The number of pyridine rings is 2. The summed E-state index contributed by atoms with van der Waals surface area (Å²) in [7, 11) is 1.72. The van der Waals surface area contributed by atoms with Crippen LogP contribution in [0.3, 0.4) is 0 Å². The summed E-state index contributed by atoms with van der Waals surface area (Å²) in [5, 5.41) is 10.6. The van der Waals surface area contributed by atoms with E-state index < -0.39 is 0 Å². The molecule has 0 radical (unpaired) electrons. The van der Waals surface area contributed by atoms with Crippen molar-refractivity contribution in [3.63, 3.8) is 0 Å². The number of aromatic nitrogens is 2. The molecule has 3 fully saturated rings. The number of anilines is 2. The van der Waals surface area contributed by atoms with E-state index in [0.717, 1.165) is 75.5 Å². The van der Waals surface area contributed by atoms with Crippen molar-refractivity contribution in [3.05, 3.63) is 59.9 Å². The minimum Gasteiger partial charge on any atom is -0.378 e. The average molecular weight is 527 g/mol. The van der Waals surface area contributed by atoms with Gasteiger partial charge in [0.2, 0.25) is 0 Å². The number of nitriles is 1. The van der Waals surface area contributed by atoms with Gasteiger partial charge >= 0.3 is 0 Å². The molecule has 6 rings (SSSR count). The summed E-state index contributed by atoms with van der Waals surface area (Å²) in [6.45, 7) is 10.2. The summed E-state index contributed by atoms with van der Waals surface area (Å²) in [6.07, 6.45) is 4.85. The Morgan fingerprint density at radius 1 is 1.03 bits per heavy atom. The van der Waals surface area contributed by atoms with Gasteiger partial charge in [0.25, 0.3) is 0 Å². The molecule has 2 aromatic heterocycles. The van der Waals surface area contributed by atoms with Crippen molar-refractivity contribution in [2.24, 2.45) is 5.73 Å². The van der Waals surface area contributed by atoms with E-state index >= 15 is 0 Å². The number of rotatable bonds is 6. The van der Waals surface area contributed by atoms with Gasteiger partial charge in [0, 0.05) is 95.0 Å². The molecule has 0 bridgehead atoms. The maximum Gasteiger partial charge on any atom is 0.128 e. The van der Waals surface area contributed by atoms with Crippen molar-refractivity contribution in [1.29, 1.82) is 5.26 Å². The molecule has 2 N–H and O–H groups in total. The number of ether oxygens (including phenoxy) is 1. The average Bonchev–Trinajstić information content (AvgIpc) is 3.36. The number of nitrogens with zero attached hydrogens (tertiary/aromatic N) is 7. The molecule has 9 nitrogen and oxygen atoms in total. The molecule has 3 aliphatic heterocycles. The van der Waals surface area contributed by atoms with Crippen LogP contribution in [0.1, 0.15) is 18.1 Å². The SMILES string of the molecule is CO[C@@H]1CN(c2ccc(CCN3CCN4[C@@H](C3)CN(c3ccc(C#N)c5ncccc35)C[C@H]4C)cn2)C[C@H]1N. The molecule has 3 aliphatic rings. The van der Waals surface area contributed by atoms with Crippen LogP contribution < -0.4 is 15.5 Å². The smallest absolute Gasteiger partial charge is 0.128 e. The molecule has 4 atom stereocenters. The van der Waals surface area contributed by atoms with Gasteiger partial charge in [0.05, 0.1) is 23.2 Å². The Labute approximate surface area is 230 Å². The predicted octanol–water partition coefficient (Wildman–Crippen LogP) is 2.10. The fraction of sp³-hybridized carbons (Fsp3) is 0.500. The molecule has 0 unspecified atom stereocenters. The van der Waals surface area contributed by atoms with Crippen LogP contribution in [0, 0.1) is 11.3 Å². The fourth-order valence-corrected chi connectivity index (χ4v) is 6.63. The number of hydrogen-bond acceptors (Lipinski definition) is 9. The van der Waals surface area contributed by atoms with Crippen LogP contribution in [-0.2, 0) is 11.2 Å². The highest BCUT2D eigenvalue weighted by Crippen LogP contribution is 2.32. The second kappa shape index (κ2) is 11.1.